The Kier molecular flexibility index (Phi) is 6.22. The van der Waals surface area contributed by atoms with Gasteiger partial charge in [0.2, 0.25) is 0 Å². The van der Waals surface area contributed by atoms with Gasteiger partial charge in [0.1, 0.15) is 6.04 Å². The predicted octanol–water partition coefficient (Wildman–Crippen LogP) is 4.74. The van der Waals surface area contributed by atoms with E-state index in [1.165, 1.54) is 11.1 Å². The summed E-state index contributed by atoms with van der Waals surface area (Å²) in [4.78, 5) is 11.4. The number of carboxylic acids is 1. The molecule has 0 aliphatic rings. The largest absolute Gasteiger partial charge is 0.480 e. The van der Waals surface area contributed by atoms with Crippen LogP contribution in [0.3, 0.4) is 0 Å². The van der Waals surface area contributed by atoms with E-state index in [1.54, 1.807) is 11.8 Å². The minimum absolute atomic E-state index is 0.298. The summed E-state index contributed by atoms with van der Waals surface area (Å²) in [5.41, 5.74) is 11.6. The predicted molar refractivity (Wildman–Crippen MR) is 117 cm³/mol. The highest BCUT2D eigenvalue weighted by molar-refractivity contribution is 8.00. The fraction of sp³-hybridized carbons (Fsp3) is 0.208. The van der Waals surface area contributed by atoms with E-state index >= 15 is 0 Å². The average Bonchev–Trinajstić information content (AvgIpc) is 2.71. The summed E-state index contributed by atoms with van der Waals surface area (Å²) in [6.45, 7) is 4.13. The Morgan fingerprint density at radius 2 is 1.29 bits per heavy atom. The Labute approximate surface area is 170 Å². The number of nitrogens with two attached hydrogens (primary N) is 1. The van der Waals surface area contributed by atoms with E-state index in [4.69, 9.17) is 5.73 Å². The van der Waals surface area contributed by atoms with Crippen molar-refractivity contribution in [2.24, 2.45) is 5.73 Å². The summed E-state index contributed by atoms with van der Waals surface area (Å²) in [5, 5.41) is 9.32. The van der Waals surface area contributed by atoms with Crippen molar-refractivity contribution in [2.75, 3.05) is 5.75 Å². The molecule has 0 unspecified atom stereocenters. The van der Waals surface area contributed by atoms with Gasteiger partial charge in [0.25, 0.3) is 0 Å². The van der Waals surface area contributed by atoms with Crippen LogP contribution in [0.4, 0.5) is 0 Å². The molecular weight excluding hydrogens is 366 g/mol. The van der Waals surface area contributed by atoms with Gasteiger partial charge in [-0.25, -0.2) is 0 Å². The van der Waals surface area contributed by atoms with Crippen LogP contribution in [0.2, 0.25) is 0 Å². The first-order valence-corrected chi connectivity index (χ1v) is 10.2. The second kappa shape index (κ2) is 8.63. The van der Waals surface area contributed by atoms with Crippen molar-refractivity contribution in [3.63, 3.8) is 0 Å². The Morgan fingerprint density at radius 3 is 1.71 bits per heavy atom. The molecule has 0 spiro atoms. The van der Waals surface area contributed by atoms with Crippen LogP contribution >= 0.6 is 11.8 Å². The number of hydrogen-bond acceptors (Lipinski definition) is 3. The maximum atomic E-state index is 11.4. The van der Waals surface area contributed by atoms with Crippen LogP contribution in [0.25, 0.3) is 0 Å². The molecule has 0 aliphatic carbocycles. The lowest BCUT2D eigenvalue weighted by Crippen LogP contribution is -2.36. The van der Waals surface area contributed by atoms with Crippen molar-refractivity contribution in [1.82, 2.24) is 0 Å². The zero-order valence-corrected chi connectivity index (χ0v) is 16.9. The number of rotatable bonds is 7. The van der Waals surface area contributed by atoms with E-state index in [0.29, 0.717) is 5.75 Å². The van der Waals surface area contributed by atoms with Gasteiger partial charge in [-0.1, -0.05) is 90.0 Å². The first-order chi connectivity index (χ1) is 13.4. The number of carbonyl (C=O) groups is 1. The van der Waals surface area contributed by atoms with Gasteiger partial charge >= 0.3 is 5.97 Å². The summed E-state index contributed by atoms with van der Waals surface area (Å²) in [5.74, 6) is -0.686. The molecule has 0 radical (unpaired) electrons. The molecule has 28 heavy (non-hydrogen) atoms. The molecule has 3 N–H and O–H groups in total. The Balaban J connectivity index is 2.22. The highest BCUT2D eigenvalue weighted by Crippen LogP contribution is 2.48. The lowest BCUT2D eigenvalue weighted by molar-refractivity contribution is -0.137. The van der Waals surface area contributed by atoms with Crippen molar-refractivity contribution < 1.29 is 9.90 Å². The highest BCUT2D eigenvalue weighted by Gasteiger charge is 2.37. The molecule has 3 aromatic carbocycles. The summed E-state index contributed by atoms with van der Waals surface area (Å²) in [7, 11) is 0. The normalized spacial score (nSPS) is 12.5. The Hall–Kier alpha value is -2.56. The van der Waals surface area contributed by atoms with E-state index in [2.05, 4.69) is 74.5 Å². The molecule has 0 saturated heterocycles. The SMILES string of the molecule is Cc1ccc(C(SC[C@H](N)C(=O)O)(c2ccccc2)c2ccc(C)cc2)cc1. The van der Waals surface area contributed by atoms with E-state index in [-0.39, 0.29) is 0 Å². The van der Waals surface area contributed by atoms with Crippen molar-refractivity contribution in [2.45, 2.75) is 24.6 Å². The summed E-state index contributed by atoms with van der Waals surface area (Å²) in [6.07, 6.45) is 0. The monoisotopic (exact) mass is 391 g/mol. The third-order valence-corrected chi connectivity index (χ3v) is 6.56. The van der Waals surface area contributed by atoms with E-state index in [9.17, 15) is 9.90 Å². The summed E-state index contributed by atoms with van der Waals surface area (Å²) >= 11 is 1.57. The number of hydrogen-bond donors (Lipinski definition) is 2. The van der Waals surface area contributed by atoms with Gasteiger partial charge in [-0.2, -0.15) is 0 Å². The van der Waals surface area contributed by atoms with Gasteiger partial charge in [0.05, 0.1) is 4.75 Å². The molecule has 3 rings (SSSR count). The molecule has 3 nitrogen and oxygen atoms in total. The van der Waals surface area contributed by atoms with Gasteiger partial charge in [0.15, 0.2) is 0 Å². The molecule has 0 heterocycles. The molecule has 0 fully saturated rings. The Morgan fingerprint density at radius 1 is 0.857 bits per heavy atom. The van der Waals surface area contributed by atoms with E-state index < -0.39 is 16.8 Å². The first kappa shape index (κ1) is 20.2. The molecule has 3 aromatic rings. The van der Waals surface area contributed by atoms with Gasteiger partial charge in [-0.05, 0) is 30.5 Å². The summed E-state index contributed by atoms with van der Waals surface area (Å²) in [6, 6.07) is 26.2. The van der Waals surface area contributed by atoms with Crippen LogP contribution in [-0.2, 0) is 9.54 Å². The highest BCUT2D eigenvalue weighted by atomic mass is 32.2. The third-order valence-electron chi connectivity index (χ3n) is 4.89. The van der Waals surface area contributed by atoms with E-state index in [1.807, 2.05) is 18.2 Å². The van der Waals surface area contributed by atoms with Gasteiger partial charge in [0, 0.05) is 5.75 Å². The zero-order valence-electron chi connectivity index (χ0n) is 16.1. The molecule has 0 amide bonds. The lowest BCUT2D eigenvalue weighted by atomic mass is 9.83. The minimum atomic E-state index is -0.984. The van der Waals surface area contributed by atoms with Crippen molar-refractivity contribution in [1.29, 1.82) is 0 Å². The topological polar surface area (TPSA) is 63.3 Å². The number of aliphatic carboxylic acids is 1. The Bertz CT molecular complexity index is 876. The molecule has 0 aliphatic heterocycles. The van der Waals surface area contributed by atoms with Crippen molar-refractivity contribution in [3.05, 3.63) is 107 Å². The van der Waals surface area contributed by atoms with Crippen LogP contribution in [0.15, 0.2) is 78.9 Å². The second-order valence-corrected chi connectivity index (χ2v) is 8.27. The van der Waals surface area contributed by atoms with E-state index in [0.717, 1.165) is 16.7 Å². The maximum Gasteiger partial charge on any atom is 0.321 e. The molecule has 1 atom stereocenters. The molecular formula is C24H25NO2S. The van der Waals surface area contributed by atoms with Crippen molar-refractivity contribution >= 4 is 17.7 Å². The third kappa shape index (κ3) is 4.13. The number of aryl methyl sites for hydroxylation is 2. The van der Waals surface area contributed by atoms with Crippen LogP contribution in [0.1, 0.15) is 27.8 Å². The van der Waals surface area contributed by atoms with Crippen molar-refractivity contribution in [3.8, 4) is 0 Å². The van der Waals surface area contributed by atoms with Crippen LogP contribution < -0.4 is 5.73 Å². The lowest BCUT2D eigenvalue weighted by Gasteiger charge is -2.36. The van der Waals surface area contributed by atoms with Crippen LogP contribution in [-0.4, -0.2) is 22.9 Å². The summed E-state index contributed by atoms with van der Waals surface area (Å²) < 4.78 is -0.546. The van der Waals surface area contributed by atoms with Crippen LogP contribution in [0.5, 0.6) is 0 Å². The number of carboxylic acid groups (broad SMARTS) is 1. The first-order valence-electron chi connectivity index (χ1n) is 9.25. The number of thioether (sulfide) groups is 1. The quantitative estimate of drug-likeness (QED) is 0.571. The fourth-order valence-electron chi connectivity index (χ4n) is 3.29. The molecule has 0 aromatic heterocycles. The second-order valence-electron chi connectivity index (χ2n) is 7.03. The maximum absolute atomic E-state index is 11.4. The fourth-order valence-corrected chi connectivity index (χ4v) is 4.77. The standard InChI is InChI=1S/C24H25NO2S/c1-17-8-12-20(13-9-17)24(19-6-4-3-5-7-19,28-16-22(25)23(26)27)21-14-10-18(2)11-15-21/h3-15,22H,16,25H2,1-2H3,(H,26,27)/t22-/m0/s1. The van der Waals surface area contributed by atoms with Gasteiger partial charge < -0.3 is 10.8 Å². The van der Waals surface area contributed by atoms with Crippen LogP contribution in [0, 0.1) is 13.8 Å². The smallest absolute Gasteiger partial charge is 0.321 e. The van der Waals surface area contributed by atoms with Gasteiger partial charge in [-0.15, -0.1) is 11.8 Å². The minimum Gasteiger partial charge on any atom is -0.480 e. The average molecular weight is 392 g/mol. The molecule has 0 bridgehead atoms. The zero-order chi connectivity index (χ0) is 20.1. The molecule has 4 heteroatoms. The molecule has 144 valence electrons. The number of benzene rings is 3. The molecule has 0 saturated carbocycles. The van der Waals surface area contributed by atoms with Gasteiger partial charge in [-0.3, -0.25) is 4.79 Å².